The van der Waals surface area contributed by atoms with Crippen molar-refractivity contribution in [2.24, 2.45) is 4.99 Å². The lowest BCUT2D eigenvalue weighted by atomic mass is 9.87. The molecular formula is C16H23NO3S2. The molecule has 6 heteroatoms. The molecule has 1 saturated heterocycles. The molecule has 2 aliphatic heterocycles. The van der Waals surface area contributed by atoms with Crippen LogP contribution in [0.25, 0.3) is 0 Å². The second kappa shape index (κ2) is 8.77. The highest BCUT2D eigenvalue weighted by Gasteiger charge is 2.36. The maximum Gasteiger partial charge on any atom is 0.305 e. The van der Waals surface area contributed by atoms with Gasteiger partial charge in [-0.05, 0) is 37.8 Å². The van der Waals surface area contributed by atoms with E-state index >= 15 is 0 Å². The number of ether oxygens (including phenoxy) is 1. The molecule has 1 fully saturated rings. The van der Waals surface area contributed by atoms with Crippen molar-refractivity contribution in [1.82, 2.24) is 0 Å². The average Bonchev–Trinajstić information content (AvgIpc) is 3.21. The van der Waals surface area contributed by atoms with Gasteiger partial charge in [-0.1, -0.05) is 28.0 Å². The Balaban J connectivity index is 1.75. The van der Waals surface area contributed by atoms with E-state index in [4.69, 9.17) is 0 Å². The van der Waals surface area contributed by atoms with E-state index in [1.54, 1.807) is 12.3 Å². The molecule has 22 heavy (non-hydrogen) atoms. The quantitative estimate of drug-likeness (QED) is 0.364. The third-order valence-corrected chi connectivity index (χ3v) is 7.10. The zero-order valence-corrected chi connectivity index (χ0v) is 14.6. The topological polar surface area (TPSA) is 55.7 Å². The second-order valence-corrected chi connectivity index (χ2v) is 8.42. The number of Topliss-reactive ketones (excluding diaryl/α,β-unsaturated/α-hetero) is 1. The monoisotopic (exact) mass is 341 g/mol. The predicted molar refractivity (Wildman–Crippen MR) is 93.5 cm³/mol. The molecule has 4 nitrogen and oxygen atoms in total. The molecule has 0 aromatic carbocycles. The van der Waals surface area contributed by atoms with Crippen molar-refractivity contribution in [1.29, 1.82) is 0 Å². The average molecular weight is 341 g/mol. The highest BCUT2D eigenvalue weighted by molar-refractivity contribution is 8.77. The number of carbonyl (C=O) groups excluding carboxylic acids is 2. The summed E-state index contributed by atoms with van der Waals surface area (Å²) in [5.74, 6) is 1.08. The van der Waals surface area contributed by atoms with Gasteiger partial charge in [0.15, 0.2) is 5.78 Å². The van der Waals surface area contributed by atoms with Gasteiger partial charge in [0.25, 0.3) is 0 Å². The van der Waals surface area contributed by atoms with E-state index < -0.39 is 5.54 Å². The minimum atomic E-state index is -0.827. The van der Waals surface area contributed by atoms with Crippen LogP contribution < -0.4 is 0 Å². The van der Waals surface area contributed by atoms with Crippen molar-refractivity contribution in [3.05, 3.63) is 12.2 Å². The van der Waals surface area contributed by atoms with Crippen LogP contribution in [0.5, 0.6) is 0 Å². The first-order valence-corrected chi connectivity index (χ1v) is 10.2. The molecule has 122 valence electrons. The molecule has 2 rings (SSSR count). The fourth-order valence-electron chi connectivity index (χ4n) is 2.71. The van der Waals surface area contributed by atoms with Gasteiger partial charge in [-0.25, -0.2) is 0 Å². The second-order valence-electron chi connectivity index (χ2n) is 5.64. The molecule has 0 aromatic rings. The van der Waals surface area contributed by atoms with E-state index in [1.165, 1.54) is 25.7 Å². The Morgan fingerprint density at radius 1 is 1.36 bits per heavy atom. The van der Waals surface area contributed by atoms with Crippen LogP contribution in [0.1, 0.15) is 44.9 Å². The molecule has 0 aliphatic carbocycles. The smallest absolute Gasteiger partial charge is 0.305 e. The van der Waals surface area contributed by atoms with Crippen molar-refractivity contribution in [2.75, 3.05) is 12.9 Å². The Hall–Kier alpha value is -0.750. The minimum absolute atomic E-state index is 0.120. The minimum Gasteiger partial charge on any atom is -0.469 e. The summed E-state index contributed by atoms with van der Waals surface area (Å²) < 4.78 is 4.66. The van der Waals surface area contributed by atoms with E-state index in [9.17, 15) is 9.59 Å². The molecular weight excluding hydrogens is 318 g/mol. The Labute approximate surface area is 139 Å². The summed E-state index contributed by atoms with van der Waals surface area (Å²) in [6, 6.07) is 0. The van der Waals surface area contributed by atoms with Gasteiger partial charge >= 0.3 is 5.97 Å². The Bertz CT molecular complexity index is 444. The van der Waals surface area contributed by atoms with Gasteiger partial charge in [-0.3, -0.25) is 14.6 Å². The van der Waals surface area contributed by atoms with Gasteiger partial charge in [0.1, 0.15) is 5.54 Å². The summed E-state index contributed by atoms with van der Waals surface area (Å²) in [4.78, 5) is 28.2. The van der Waals surface area contributed by atoms with Crippen LogP contribution in [0.4, 0.5) is 0 Å². The van der Waals surface area contributed by atoms with Gasteiger partial charge in [-0.2, -0.15) is 0 Å². The molecule has 2 aliphatic rings. The highest BCUT2D eigenvalue weighted by Crippen LogP contribution is 2.40. The Morgan fingerprint density at radius 3 is 2.86 bits per heavy atom. The van der Waals surface area contributed by atoms with Crippen LogP contribution in [-0.4, -0.2) is 41.6 Å². The summed E-state index contributed by atoms with van der Waals surface area (Å²) in [7, 11) is 5.31. The van der Waals surface area contributed by atoms with Gasteiger partial charge in [0, 0.05) is 30.1 Å². The third kappa shape index (κ3) is 4.88. The maximum atomic E-state index is 12.5. The molecule has 2 heterocycles. The maximum absolute atomic E-state index is 12.5. The zero-order valence-electron chi connectivity index (χ0n) is 13.0. The van der Waals surface area contributed by atoms with Crippen molar-refractivity contribution in [3.8, 4) is 0 Å². The van der Waals surface area contributed by atoms with Crippen LogP contribution >= 0.6 is 21.6 Å². The zero-order chi connectivity index (χ0) is 15.8. The number of methoxy groups -OCH3 is 1. The summed E-state index contributed by atoms with van der Waals surface area (Å²) in [6.07, 6.45) is 10.9. The first-order chi connectivity index (χ1) is 10.7. The molecule has 2 unspecified atom stereocenters. The SMILES string of the molecule is COC(=O)CCC1(C(=O)CCCCC2CCSS2)C=CC=N1. The standard InChI is InChI=1S/C16H23NO3S2/c1-20-15(19)7-10-16(9-4-11-17-16)14(18)6-3-2-5-13-8-12-21-22-13/h4,9,11,13H,2-3,5-8,10,12H2,1H3. The first-order valence-electron chi connectivity index (χ1n) is 7.78. The predicted octanol–water partition coefficient (Wildman–Crippen LogP) is 3.60. The summed E-state index contributed by atoms with van der Waals surface area (Å²) in [5, 5.41) is 0.762. The number of hydrogen-bond acceptors (Lipinski definition) is 6. The fraction of sp³-hybridized carbons (Fsp3) is 0.688. The normalized spacial score (nSPS) is 26.5. The van der Waals surface area contributed by atoms with Crippen LogP contribution in [0, 0.1) is 0 Å². The lowest BCUT2D eigenvalue weighted by Gasteiger charge is -2.22. The van der Waals surface area contributed by atoms with E-state index in [2.05, 4.69) is 9.73 Å². The van der Waals surface area contributed by atoms with Crippen molar-refractivity contribution in [2.45, 2.75) is 55.7 Å². The van der Waals surface area contributed by atoms with Gasteiger partial charge in [0.05, 0.1) is 7.11 Å². The lowest BCUT2D eigenvalue weighted by molar-refractivity contribution is -0.141. The van der Waals surface area contributed by atoms with E-state index in [0.29, 0.717) is 12.8 Å². The van der Waals surface area contributed by atoms with Gasteiger partial charge in [0.2, 0.25) is 0 Å². The summed E-state index contributed by atoms with van der Waals surface area (Å²) in [5.41, 5.74) is -0.827. The number of carbonyl (C=O) groups is 2. The van der Waals surface area contributed by atoms with Crippen molar-refractivity contribution in [3.63, 3.8) is 0 Å². The van der Waals surface area contributed by atoms with Crippen LogP contribution in [-0.2, 0) is 14.3 Å². The number of hydrogen-bond donors (Lipinski definition) is 0. The molecule has 0 aromatic heterocycles. The number of esters is 1. The van der Waals surface area contributed by atoms with Crippen molar-refractivity contribution >= 4 is 39.6 Å². The molecule has 0 bridgehead atoms. The van der Waals surface area contributed by atoms with Crippen LogP contribution in [0.15, 0.2) is 17.1 Å². The first kappa shape index (κ1) is 17.6. The number of rotatable bonds is 9. The third-order valence-electron chi connectivity index (χ3n) is 4.09. The Kier molecular flexibility index (Phi) is 7.02. The van der Waals surface area contributed by atoms with Crippen molar-refractivity contribution < 1.29 is 14.3 Å². The van der Waals surface area contributed by atoms with Gasteiger partial charge in [-0.15, -0.1) is 0 Å². The molecule has 0 spiro atoms. The van der Waals surface area contributed by atoms with Gasteiger partial charge < -0.3 is 4.74 Å². The molecule has 0 saturated carbocycles. The Morgan fingerprint density at radius 2 is 2.23 bits per heavy atom. The highest BCUT2D eigenvalue weighted by atomic mass is 33.1. The number of allylic oxidation sites excluding steroid dienone is 1. The lowest BCUT2D eigenvalue weighted by Crippen LogP contribution is -2.34. The van der Waals surface area contributed by atoms with E-state index in [-0.39, 0.29) is 18.2 Å². The number of aliphatic imine (C=N–C) groups is 1. The van der Waals surface area contributed by atoms with Crippen LogP contribution in [0.2, 0.25) is 0 Å². The molecule has 0 radical (unpaired) electrons. The summed E-state index contributed by atoms with van der Waals surface area (Å²) in [6.45, 7) is 0. The largest absolute Gasteiger partial charge is 0.469 e. The van der Waals surface area contributed by atoms with E-state index in [1.807, 2.05) is 27.7 Å². The molecule has 0 amide bonds. The fourth-order valence-corrected chi connectivity index (χ4v) is 5.73. The van der Waals surface area contributed by atoms with Crippen LogP contribution in [0.3, 0.4) is 0 Å². The molecule has 2 atom stereocenters. The number of unbranched alkanes of at least 4 members (excludes halogenated alkanes) is 1. The summed E-state index contributed by atoms with van der Waals surface area (Å²) >= 11 is 0. The van der Waals surface area contributed by atoms with E-state index in [0.717, 1.165) is 18.1 Å². The number of nitrogens with zero attached hydrogens (tertiary/aromatic N) is 1. The number of ketones is 1. The molecule has 0 N–H and O–H groups in total.